The predicted octanol–water partition coefficient (Wildman–Crippen LogP) is 4.96. The molecule has 1 amide bonds. The maximum atomic E-state index is 13.0. The van der Waals surface area contributed by atoms with E-state index in [-0.39, 0.29) is 11.4 Å². The number of hydrogen-bond donors (Lipinski definition) is 1. The first-order chi connectivity index (χ1) is 12.6. The second-order valence-electron chi connectivity index (χ2n) is 5.95. The van der Waals surface area contributed by atoms with Crippen molar-refractivity contribution in [1.82, 2.24) is 4.90 Å². The van der Waals surface area contributed by atoms with Crippen LogP contribution >= 0.6 is 34.0 Å². The molecule has 0 fully saturated rings. The predicted molar refractivity (Wildman–Crippen MR) is 105 cm³/mol. The number of carbonyl (C=O) groups excluding carboxylic acids is 2. The van der Waals surface area contributed by atoms with Crippen molar-refractivity contribution in [2.75, 3.05) is 0 Å². The molecular formula is C19H15NO3S3. The van der Waals surface area contributed by atoms with Gasteiger partial charge in [0, 0.05) is 9.75 Å². The van der Waals surface area contributed by atoms with Crippen LogP contribution in [0.15, 0.2) is 57.8 Å². The molecule has 7 heteroatoms. The molecule has 0 aliphatic carbocycles. The molecule has 4 nitrogen and oxygen atoms in total. The van der Waals surface area contributed by atoms with Crippen LogP contribution < -0.4 is 0 Å². The lowest BCUT2D eigenvalue weighted by Gasteiger charge is -2.25. The fourth-order valence-electron chi connectivity index (χ4n) is 3.10. The summed E-state index contributed by atoms with van der Waals surface area (Å²) in [7, 11) is 0. The maximum absolute atomic E-state index is 13.0. The van der Waals surface area contributed by atoms with Gasteiger partial charge in [0.2, 0.25) is 5.78 Å². The fourth-order valence-corrected chi connectivity index (χ4v) is 5.52. The highest BCUT2D eigenvalue weighted by Gasteiger charge is 2.45. The van der Waals surface area contributed by atoms with Crippen LogP contribution in [0.1, 0.15) is 31.0 Å². The number of hydrogen-bond acceptors (Lipinski definition) is 6. The van der Waals surface area contributed by atoms with Gasteiger partial charge in [-0.1, -0.05) is 12.1 Å². The number of amides is 1. The Bertz CT molecular complexity index is 983. The van der Waals surface area contributed by atoms with Crippen molar-refractivity contribution in [3.8, 4) is 0 Å². The van der Waals surface area contributed by atoms with Crippen molar-refractivity contribution in [1.29, 1.82) is 0 Å². The summed E-state index contributed by atoms with van der Waals surface area (Å²) < 4.78 is 0. The van der Waals surface area contributed by atoms with Gasteiger partial charge in [0.15, 0.2) is 5.76 Å². The standard InChI is InChI=1S/C19H15NO3S3/c1-11-6-9-26-18(11)15-14(16(21)13-5-3-8-25-13)17(22)19(23)20(15)10-12-4-2-7-24-12/h2-9,15,22H,10H2,1H3. The van der Waals surface area contributed by atoms with Gasteiger partial charge in [0.25, 0.3) is 5.91 Å². The van der Waals surface area contributed by atoms with Crippen molar-refractivity contribution in [3.63, 3.8) is 0 Å². The van der Waals surface area contributed by atoms with Gasteiger partial charge in [-0.25, -0.2) is 0 Å². The van der Waals surface area contributed by atoms with Gasteiger partial charge in [-0.15, -0.1) is 34.0 Å². The third kappa shape index (κ3) is 2.82. The zero-order valence-corrected chi connectivity index (χ0v) is 16.3. The average Bonchev–Trinajstić information content (AvgIpc) is 3.40. The zero-order valence-electron chi connectivity index (χ0n) is 13.8. The summed E-state index contributed by atoms with van der Waals surface area (Å²) in [4.78, 5) is 29.9. The number of rotatable bonds is 5. The quantitative estimate of drug-likeness (QED) is 0.615. The fraction of sp³-hybridized carbons (Fsp3) is 0.158. The van der Waals surface area contributed by atoms with Crippen LogP contribution in [0.5, 0.6) is 0 Å². The summed E-state index contributed by atoms with van der Waals surface area (Å²) in [5.41, 5.74) is 1.19. The van der Waals surface area contributed by atoms with Crippen LogP contribution in [0.2, 0.25) is 0 Å². The van der Waals surface area contributed by atoms with Crippen LogP contribution in [-0.4, -0.2) is 21.7 Å². The number of ketones is 1. The van der Waals surface area contributed by atoms with Crippen LogP contribution in [-0.2, 0) is 11.3 Å². The molecule has 1 aliphatic heterocycles. The normalized spacial score (nSPS) is 17.3. The highest BCUT2D eigenvalue weighted by Crippen LogP contribution is 2.43. The molecule has 0 aromatic carbocycles. The van der Waals surface area contributed by atoms with Gasteiger partial charge in [-0.2, -0.15) is 0 Å². The lowest BCUT2D eigenvalue weighted by atomic mass is 9.99. The summed E-state index contributed by atoms with van der Waals surface area (Å²) in [5, 5.41) is 16.3. The van der Waals surface area contributed by atoms with Crippen molar-refractivity contribution in [2.45, 2.75) is 19.5 Å². The number of aryl methyl sites for hydroxylation is 1. The van der Waals surface area contributed by atoms with E-state index in [0.29, 0.717) is 11.4 Å². The molecule has 1 N–H and O–H groups in total. The SMILES string of the molecule is Cc1ccsc1C1C(C(=O)c2cccs2)=C(O)C(=O)N1Cc1cccs1. The van der Waals surface area contributed by atoms with E-state index < -0.39 is 17.7 Å². The molecular weight excluding hydrogens is 386 g/mol. The third-order valence-corrected chi connectivity index (χ3v) is 7.15. The van der Waals surface area contributed by atoms with Crippen molar-refractivity contribution in [2.24, 2.45) is 0 Å². The Morgan fingerprint density at radius 3 is 2.50 bits per heavy atom. The molecule has 1 aliphatic rings. The average molecular weight is 402 g/mol. The van der Waals surface area contributed by atoms with Gasteiger partial charge in [-0.3, -0.25) is 9.59 Å². The molecule has 132 valence electrons. The molecule has 1 unspecified atom stereocenters. The first kappa shape index (κ1) is 17.2. The van der Waals surface area contributed by atoms with E-state index in [1.807, 2.05) is 41.3 Å². The lowest BCUT2D eigenvalue weighted by Crippen LogP contribution is -2.30. The lowest BCUT2D eigenvalue weighted by molar-refractivity contribution is -0.129. The monoisotopic (exact) mass is 401 g/mol. The Morgan fingerprint density at radius 1 is 1.12 bits per heavy atom. The molecule has 3 aromatic rings. The van der Waals surface area contributed by atoms with E-state index in [9.17, 15) is 14.7 Å². The van der Waals surface area contributed by atoms with E-state index >= 15 is 0 Å². The Hall–Kier alpha value is -2.22. The first-order valence-corrected chi connectivity index (χ1v) is 10.6. The van der Waals surface area contributed by atoms with Crippen LogP contribution in [0, 0.1) is 6.92 Å². The molecule has 4 heterocycles. The van der Waals surface area contributed by atoms with E-state index in [1.54, 1.807) is 28.4 Å². The van der Waals surface area contributed by atoms with Crippen LogP contribution in [0.4, 0.5) is 0 Å². The molecule has 0 bridgehead atoms. The number of nitrogens with zero attached hydrogens (tertiary/aromatic N) is 1. The number of aliphatic hydroxyl groups is 1. The highest BCUT2D eigenvalue weighted by molar-refractivity contribution is 7.12. The van der Waals surface area contributed by atoms with E-state index in [0.717, 1.165) is 15.3 Å². The number of carbonyl (C=O) groups is 2. The second kappa shape index (κ2) is 6.83. The Kier molecular flexibility index (Phi) is 4.52. The third-order valence-electron chi connectivity index (χ3n) is 4.35. The Balaban J connectivity index is 1.81. The largest absolute Gasteiger partial charge is 0.503 e. The molecule has 3 aromatic heterocycles. The van der Waals surface area contributed by atoms with Gasteiger partial charge >= 0.3 is 0 Å². The Morgan fingerprint density at radius 2 is 1.88 bits per heavy atom. The van der Waals surface area contributed by atoms with Crippen molar-refractivity contribution in [3.05, 3.63) is 78.0 Å². The van der Waals surface area contributed by atoms with Gasteiger partial charge < -0.3 is 10.0 Å². The summed E-state index contributed by atoms with van der Waals surface area (Å²) in [5.74, 6) is -1.20. The molecule has 0 spiro atoms. The zero-order chi connectivity index (χ0) is 18.3. The van der Waals surface area contributed by atoms with Crippen LogP contribution in [0.25, 0.3) is 0 Å². The van der Waals surface area contributed by atoms with Crippen molar-refractivity contribution < 1.29 is 14.7 Å². The van der Waals surface area contributed by atoms with Gasteiger partial charge in [-0.05, 0) is 46.8 Å². The molecule has 0 saturated heterocycles. The number of thiophene rings is 3. The molecule has 4 rings (SSSR count). The topological polar surface area (TPSA) is 57.6 Å². The van der Waals surface area contributed by atoms with E-state index in [2.05, 4.69) is 0 Å². The number of aliphatic hydroxyl groups excluding tert-OH is 1. The van der Waals surface area contributed by atoms with Gasteiger partial charge in [0.1, 0.15) is 6.04 Å². The van der Waals surface area contributed by atoms with E-state index in [1.165, 1.54) is 22.7 Å². The molecule has 26 heavy (non-hydrogen) atoms. The Labute approximate surface area is 162 Å². The van der Waals surface area contributed by atoms with Gasteiger partial charge in [0.05, 0.1) is 17.0 Å². The summed E-state index contributed by atoms with van der Waals surface area (Å²) in [6.45, 7) is 2.33. The molecule has 0 radical (unpaired) electrons. The first-order valence-electron chi connectivity index (χ1n) is 7.96. The summed E-state index contributed by atoms with van der Waals surface area (Å²) in [6, 6.07) is 8.80. The van der Waals surface area contributed by atoms with E-state index in [4.69, 9.17) is 0 Å². The smallest absolute Gasteiger partial charge is 0.290 e. The van der Waals surface area contributed by atoms with Crippen molar-refractivity contribution >= 4 is 45.7 Å². The minimum Gasteiger partial charge on any atom is -0.503 e. The maximum Gasteiger partial charge on any atom is 0.290 e. The summed E-state index contributed by atoms with van der Waals surface area (Å²) in [6.07, 6.45) is 0. The highest BCUT2D eigenvalue weighted by atomic mass is 32.1. The number of Topliss-reactive ketones (excluding diaryl/α,β-unsaturated/α-hetero) is 1. The second-order valence-corrected chi connectivity index (χ2v) is 8.88. The van der Waals surface area contributed by atoms with Crippen LogP contribution in [0.3, 0.4) is 0 Å². The summed E-state index contributed by atoms with van der Waals surface area (Å²) >= 11 is 4.36. The molecule has 0 saturated carbocycles. The minimum atomic E-state index is -0.556. The minimum absolute atomic E-state index is 0.180. The molecule has 1 atom stereocenters.